The van der Waals surface area contributed by atoms with Crippen molar-refractivity contribution >= 4 is 17.6 Å². The fourth-order valence-electron chi connectivity index (χ4n) is 2.08. The molecule has 1 aliphatic rings. The number of carboxylic acids is 1. The first kappa shape index (κ1) is 12.3. The predicted molar refractivity (Wildman–Crippen MR) is 65.6 cm³/mol. The average Bonchev–Trinajstić information content (AvgIpc) is 2.68. The van der Waals surface area contributed by atoms with Crippen LogP contribution in [0.15, 0.2) is 30.3 Å². The Balaban J connectivity index is 2.17. The molecule has 5 nitrogen and oxygen atoms in total. The predicted octanol–water partition coefficient (Wildman–Crippen LogP) is 0.934. The second-order valence-corrected chi connectivity index (χ2v) is 4.27. The van der Waals surface area contributed by atoms with Crippen LogP contribution in [0, 0.1) is 5.41 Å². The maximum atomic E-state index is 11.7. The summed E-state index contributed by atoms with van der Waals surface area (Å²) >= 11 is 0. The highest BCUT2D eigenvalue weighted by molar-refractivity contribution is 6.39. The van der Waals surface area contributed by atoms with Crippen molar-refractivity contribution in [2.75, 3.05) is 6.54 Å². The zero-order valence-corrected chi connectivity index (χ0v) is 9.80. The van der Waals surface area contributed by atoms with Crippen molar-refractivity contribution in [3.05, 3.63) is 35.9 Å². The Morgan fingerprint density at radius 3 is 2.56 bits per heavy atom. The molecule has 1 amide bonds. The molecule has 1 aliphatic heterocycles. The van der Waals surface area contributed by atoms with Crippen molar-refractivity contribution in [2.24, 2.45) is 0 Å². The molecule has 1 heterocycles. The van der Waals surface area contributed by atoms with Gasteiger partial charge >= 0.3 is 5.97 Å². The van der Waals surface area contributed by atoms with E-state index >= 15 is 0 Å². The minimum Gasteiger partial charge on any atom is -0.480 e. The fourth-order valence-corrected chi connectivity index (χ4v) is 2.08. The summed E-state index contributed by atoms with van der Waals surface area (Å²) in [5.41, 5.74) is 0.866. The SMILES string of the molecule is N=C1CCN([C@H](Cc2ccccc2)C(=O)O)C1=O. The highest BCUT2D eigenvalue weighted by Gasteiger charge is 2.35. The number of amides is 1. The lowest BCUT2D eigenvalue weighted by molar-refractivity contribution is -0.147. The molecule has 1 saturated heterocycles. The largest absolute Gasteiger partial charge is 0.480 e. The van der Waals surface area contributed by atoms with Crippen LogP contribution in [0.5, 0.6) is 0 Å². The maximum Gasteiger partial charge on any atom is 0.326 e. The molecule has 2 rings (SSSR count). The number of carbonyl (C=O) groups excluding carboxylic acids is 1. The van der Waals surface area contributed by atoms with Crippen molar-refractivity contribution in [2.45, 2.75) is 18.9 Å². The Morgan fingerprint density at radius 1 is 1.39 bits per heavy atom. The number of nitrogens with zero attached hydrogens (tertiary/aromatic N) is 1. The minimum absolute atomic E-state index is 0.00527. The Bertz CT molecular complexity index is 484. The van der Waals surface area contributed by atoms with E-state index in [2.05, 4.69) is 0 Å². The summed E-state index contributed by atoms with van der Waals surface area (Å²) in [5.74, 6) is -1.49. The highest BCUT2D eigenvalue weighted by atomic mass is 16.4. The van der Waals surface area contributed by atoms with Gasteiger partial charge in [0.05, 0.1) is 5.71 Å². The van der Waals surface area contributed by atoms with E-state index in [0.717, 1.165) is 5.56 Å². The van der Waals surface area contributed by atoms with Gasteiger partial charge in [-0.3, -0.25) is 10.2 Å². The van der Waals surface area contributed by atoms with Crippen LogP contribution in [0.2, 0.25) is 0 Å². The summed E-state index contributed by atoms with van der Waals surface area (Å²) in [5, 5.41) is 16.6. The van der Waals surface area contributed by atoms with Gasteiger partial charge in [-0.05, 0) is 5.56 Å². The number of carboxylic acid groups (broad SMARTS) is 1. The molecule has 18 heavy (non-hydrogen) atoms. The van der Waals surface area contributed by atoms with Crippen molar-refractivity contribution in [3.8, 4) is 0 Å². The van der Waals surface area contributed by atoms with E-state index in [1.807, 2.05) is 30.3 Å². The summed E-state index contributed by atoms with van der Waals surface area (Å²) in [6.07, 6.45) is 0.604. The average molecular weight is 246 g/mol. The molecular weight excluding hydrogens is 232 g/mol. The Hall–Kier alpha value is -2.17. The summed E-state index contributed by atoms with van der Waals surface area (Å²) in [4.78, 5) is 24.2. The molecule has 94 valence electrons. The van der Waals surface area contributed by atoms with Gasteiger partial charge in [-0.1, -0.05) is 30.3 Å². The normalized spacial score (nSPS) is 17.0. The molecule has 0 bridgehead atoms. The lowest BCUT2D eigenvalue weighted by Gasteiger charge is -2.23. The first-order valence-electron chi connectivity index (χ1n) is 5.74. The minimum atomic E-state index is -1.03. The molecule has 0 saturated carbocycles. The van der Waals surface area contributed by atoms with Crippen LogP contribution in [0.4, 0.5) is 0 Å². The van der Waals surface area contributed by atoms with Gasteiger partial charge in [0.2, 0.25) is 0 Å². The van der Waals surface area contributed by atoms with Crippen molar-refractivity contribution in [1.82, 2.24) is 4.90 Å². The zero-order valence-electron chi connectivity index (χ0n) is 9.80. The van der Waals surface area contributed by atoms with Crippen LogP contribution in [0.1, 0.15) is 12.0 Å². The molecule has 1 fully saturated rings. The molecule has 0 spiro atoms. The number of carbonyl (C=O) groups is 2. The van der Waals surface area contributed by atoms with Gasteiger partial charge in [-0.2, -0.15) is 0 Å². The third-order valence-corrected chi connectivity index (χ3v) is 3.05. The second kappa shape index (κ2) is 5.00. The Kier molecular flexibility index (Phi) is 3.41. The molecule has 1 atom stereocenters. The first-order valence-corrected chi connectivity index (χ1v) is 5.74. The maximum absolute atomic E-state index is 11.7. The molecule has 2 N–H and O–H groups in total. The van der Waals surface area contributed by atoms with Crippen LogP contribution in [0.3, 0.4) is 0 Å². The number of hydrogen-bond acceptors (Lipinski definition) is 3. The summed E-state index contributed by atoms with van der Waals surface area (Å²) in [7, 11) is 0. The van der Waals surface area contributed by atoms with Gasteiger partial charge < -0.3 is 10.0 Å². The van der Waals surface area contributed by atoms with Crippen LogP contribution in [-0.2, 0) is 16.0 Å². The second-order valence-electron chi connectivity index (χ2n) is 4.27. The Labute approximate surface area is 105 Å². The monoisotopic (exact) mass is 246 g/mol. The van der Waals surface area contributed by atoms with E-state index in [4.69, 9.17) is 5.41 Å². The van der Waals surface area contributed by atoms with Crippen molar-refractivity contribution < 1.29 is 14.7 Å². The lowest BCUT2D eigenvalue weighted by Crippen LogP contribution is -2.44. The van der Waals surface area contributed by atoms with Crippen LogP contribution < -0.4 is 0 Å². The molecule has 0 radical (unpaired) electrons. The third-order valence-electron chi connectivity index (χ3n) is 3.05. The van der Waals surface area contributed by atoms with Gasteiger partial charge in [0.15, 0.2) is 0 Å². The number of rotatable bonds is 4. The van der Waals surface area contributed by atoms with Crippen molar-refractivity contribution in [1.29, 1.82) is 5.41 Å². The fraction of sp³-hybridized carbons (Fsp3) is 0.308. The van der Waals surface area contributed by atoms with Crippen molar-refractivity contribution in [3.63, 3.8) is 0 Å². The van der Waals surface area contributed by atoms with E-state index in [-0.39, 0.29) is 12.1 Å². The van der Waals surface area contributed by atoms with Crippen LogP contribution >= 0.6 is 0 Å². The molecular formula is C13H14N2O3. The topological polar surface area (TPSA) is 81.5 Å². The molecule has 5 heteroatoms. The standard InChI is InChI=1S/C13H14N2O3/c14-10-6-7-15(12(10)16)11(13(17)18)8-9-4-2-1-3-5-9/h1-5,11,14H,6-8H2,(H,17,18)/t11-/m1/s1. The van der Waals surface area contributed by atoms with E-state index < -0.39 is 17.9 Å². The number of nitrogens with one attached hydrogen (secondary N) is 1. The number of benzene rings is 1. The number of aliphatic carboxylic acids is 1. The van der Waals surface area contributed by atoms with E-state index in [1.54, 1.807) is 0 Å². The zero-order chi connectivity index (χ0) is 13.1. The van der Waals surface area contributed by atoms with E-state index in [1.165, 1.54) is 4.90 Å². The van der Waals surface area contributed by atoms with Gasteiger partial charge in [0.1, 0.15) is 6.04 Å². The molecule has 0 aliphatic carbocycles. The molecule has 0 unspecified atom stereocenters. The van der Waals surface area contributed by atoms with Gasteiger partial charge in [0.25, 0.3) is 5.91 Å². The third kappa shape index (κ3) is 2.40. The summed E-state index contributed by atoms with van der Waals surface area (Å²) < 4.78 is 0. The van der Waals surface area contributed by atoms with Gasteiger partial charge in [-0.15, -0.1) is 0 Å². The highest BCUT2D eigenvalue weighted by Crippen LogP contribution is 2.15. The van der Waals surface area contributed by atoms with Gasteiger partial charge in [0, 0.05) is 19.4 Å². The molecule has 1 aromatic carbocycles. The quantitative estimate of drug-likeness (QED) is 0.829. The first-order chi connectivity index (χ1) is 8.59. The Morgan fingerprint density at radius 2 is 2.06 bits per heavy atom. The van der Waals surface area contributed by atoms with Gasteiger partial charge in [-0.25, -0.2) is 4.79 Å². The van der Waals surface area contributed by atoms with Crippen LogP contribution in [-0.4, -0.2) is 40.2 Å². The van der Waals surface area contributed by atoms with E-state index in [9.17, 15) is 14.7 Å². The van der Waals surface area contributed by atoms with Crippen LogP contribution in [0.25, 0.3) is 0 Å². The molecule has 0 aromatic heterocycles. The smallest absolute Gasteiger partial charge is 0.326 e. The number of likely N-dealkylation sites (tertiary alicyclic amines) is 1. The molecule has 1 aromatic rings. The summed E-state index contributed by atoms with van der Waals surface area (Å²) in [6.45, 7) is 0.321. The lowest BCUT2D eigenvalue weighted by atomic mass is 10.1. The van der Waals surface area contributed by atoms with E-state index in [0.29, 0.717) is 13.0 Å². The summed E-state index contributed by atoms with van der Waals surface area (Å²) in [6, 6.07) is 8.31. The number of hydrogen-bond donors (Lipinski definition) is 2.